The third-order valence-corrected chi connectivity index (χ3v) is 5.15. The number of hydrogen-bond donors (Lipinski definition) is 1. The minimum atomic E-state index is -0.344. The summed E-state index contributed by atoms with van der Waals surface area (Å²) in [5.41, 5.74) is 0.303. The summed E-state index contributed by atoms with van der Waals surface area (Å²) >= 11 is 0. The molecule has 0 amide bonds. The Kier molecular flexibility index (Phi) is 2.75. The second-order valence-electron chi connectivity index (χ2n) is 6.32. The van der Waals surface area contributed by atoms with E-state index in [9.17, 15) is 9.59 Å². The van der Waals surface area contributed by atoms with Crippen molar-refractivity contribution in [2.45, 2.75) is 12.5 Å². The number of hydrogen-bond acceptors (Lipinski definition) is 5. The fraction of sp³-hybridized carbons (Fsp3) is 0.643. The highest BCUT2D eigenvalue weighted by Gasteiger charge is 2.39. The van der Waals surface area contributed by atoms with E-state index in [-0.39, 0.29) is 11.2 Å². The molecule has 2 aromatic heterocycles. The minimum Gasteiger partial charge on any atom is -0.338 e. The molecule has 2 aliphatic rings. The Morgan fingerprint density at radius 1 is 1.09 bits per heavy atom. The van der Waals surface area contributed by atoms with Crippen LogP contribution in [0.1, 0.15) is 6.42 Å². The Hall–Kier alpha value is -2.09. The van der Waals surface area contributed by atoms with E-state index < -0.39 is 0 Å². The second-order valence-corrected chi connectivity index (χ2v) is 6.32. The first kappa shape index (κ1) is 13.6. The van der Waals surface area contributed by atoms with Gasteiger partial charge in [-0.3, -0.25) is 13.9 Å². The molecule has 0 radical (unpaired) electrons. The van der Waals surface area contributed by atoms with Gasteiger partial charge in [0.1, 0.15) is 0 Å². The lowest BCUT2D eigenvalue weighted by Crippen LogP contribution is -2.37. The molecule has 0 bridgehead atoms. The van der Waals surface area contributed by atoms with Gasteiger partial charge in [0.05, 0.1) is 0 Å². The highest BCUT2D eigenvalue weighted by molar-refractivity contribution is 5.74. The van der Waals surface area contributed by atoms with E-state index >= 15 is 0 Å². The van der Waals surface area contributed by atoms with Crippen LogP contribution in [-0.2, 0) is 21.1 Å². The molecule has 4 heterocycles. The highest BCUT2D eigenvalue weighted by Crippen LogP contribution is 2.31. The Bertz CT molecular complexity index is 876. The minimum absolute atomic E-state index is 0.292. The molecule has 8 nitrogen and oxygen atoms in total. The SMILES string of the molecule is Cn1c(=O)c2c(nc(N3CCC4CNCC43)n2C)n(C)c1=O. The average molecular weight is 304 g/mol. The molecule has 0 aliphatic carbocycles. The predicted molar refractivity (Wildman–Crippen MR) is 83.3 cm³/mol. The van der Waals surface area contributed by atoms with Gasteiger partial charge in [-0.25, -0.2) is 4.79 Å². The Balaban J connectivity index is 1.96. The first-order valence-corrected chi connectivity index (χ1v) is 7.60. The van der Waals surface area contributed by atoms with E-state index in [4.69, 9.17) is 0 Å². The third-order valence-electron chi connectivity index (χ3n) is 5.15. The molecule has 2 atom stereocenters. The number of anilines is 1. The number of nitrogens with one attached hydrogen (secondary N) is 1. The molecule has 1 N–H and O–H groups in total. The van der Waals surface area contributed by atoms with Gasteiger partial charge in [-0.1, -0.05) is 0 Å². The molecule has 8 heteroatoms. The zero-order valence-electron chi connectivity index (χ0n) is 13.0. The predicted octanol–water partition coefficient (Wildman–Crippen LogP) is -1.23. The lowest BCUT2D eigenvalue weighted by molar-refractivity contribution is 0.574. The molecule has 2 saturated heterocycles. The van der Waals surface area contributed by atoms with Crippen molar-refractivity contribution in [3.05, 3.63) is 20.8 Å². The topological polar surface area (TPSA) is 77.1 Å². The van der Waals surface area contributed by atoms with Crippen LogP contribution in [0.3, 0.4) is 0 Å². The fourth-order valence-corrected chi connectivity index (χ4v) is 3.86. The molecule has 118 valence electrons. The highest BCUT2D eigenvalue weighted by atomic mass is 16.2. The van der Waals surface area contributed by atoms with Gasteiger partial charge in [-0.05, 0) is 12.3 Å². The fourth-order valence-electron chi connectivity index (χ4n) is 3.86. The van der Waals surface area contributed by atoms with E-state index in [2.05, 4.69) is 15.2 Å². The average Bonchev–Trinajstić information content (AvgIpc) is 3.17. The molecule has 2 fully saturated rings. The summed E-state index contributed by atoms with van der Waals surface area (Å²) in [4.78, 5) is 31.4. The second kappa shape index (κ2) is 4.45. The van der Waals surface area contributed by atoms with Gasteiger partial charge >= 0.3 is 5.69 Å². The molecule has 0 aromatic carbocycles. The number of rotatable bonds is 1. The van der Waals surface area contributed by atoms with E-state index in [1.807, 2.05) is 11.6 Å². The van der Waals surface area contributed by atoms with Crippen LogP contribution in [0.15, 0.2) is 9.59 Å². The van der Waals surface area contributed by atoms with Gasteiger partial charge in [0.25, 0.3) is 5.56 Å². The molecule has 2 aliphatic heterocycles. The van der Waals surface area contributed by atoms with Crippen LogP contribution in [0.5, 0.6) is 0 Å². The van der Waals surface area contributed by atoms with Crippen LogP contribution < -0.4 is 21.5 Å². The van der Waals surface area contributed by atoms with Crippen molar-refractivity contribution in [3.63, 3.8) is 0 Å². The first-order chi connectivity index (χ1) is 10.5. The van der Waals surface area contributed by atoms with E-state index in [1.54, 1.807) is 7.05 Å². The van der Waals surface area contributed by atoms with Gasteiger partial charge in [0, 0.05) is 46.8 Å². The number of aromatic nitrogens is 4. The lowest BCUT2D eigenvalue weighted by Gasteiger charge is -2.24. The van der Waals surface area contributed by atoms with Crippen molar-refractivity contribution >= 4 is 17.1 Å². The molecule has 22 heavy (non-hydrogen) atoms. The molecule has 0 spiro atoms. The van der Waals surface area contributed by atoms with Gasteiger partial charge in [-0.2, -0.15) is 4.98 Å². The van der Waals surface area contributed by atoms with Gasteiger partial charge in [0.2, 0.25) is 5.95 Å². The van der Waals surface area contributed by atoms with E-state index in [0.29, 0.717) is 23.1 Å². The Morgan fingerprint density at radius 3 is 2.64 bits per heavy atom. The Labute approximate surface area is 127 Å². The summed E-state index contributed by atoms with van der Waals surface area (Å²) in [6.07, 6.45) is 1.14. The van der Waals surface area contributed by atoms with Crippen LogP contribution in [0.2, 0.25) is 0 Å². The summed E-state index contributed by atoms with van der Waals surface area (Å²) in [6, 6.07) is 0.427. The molecule has 2 unspecified atom stereocenters. The maximum Gasteiger partial charge on any atom is 0.332 e. The third kappa shape index (κ3) is 1.58. The largest absolute Gasteiger partial charge is 0.338 e. The van der Waals surface area contributed by atoms with Gasteiger partial charge in [0.15, 0.2) is 11.2 Å². The van der Waals surface area contributed by atoms with Crippen LogP contribution in [-0.4, -0.2) is 44.4 Å². The maximum absolute atomic E-state index is 12.4. The monoisotopic (exact) mass is 304 g/mol. The maximum atomic E-state index is 12.4. The number of aryl methyl sites for hydroxylation is 2. The van der Waals surface area contributed by atoms with Crippen LogP contribution in [0, 0.1) is 5.92 Å². The molecular weight excluding hydrogens is 284 g/mol. The number of nitrogens with zero attached hydrogens (tertiary/aromatic N) is 5. The number of imidazole rings is 1. The first-order valence-electron chi connectivity index (χ1n) is 7.60. The summed E-state index contributed by atoms with van der Waals surface area (Å²) in [5.74, 6) is 1.43. The van der Waals surface area contributed by atoms with Gasteiger partial charge < -0.3 is 14.8 Å². The summed E-state index contributed by atoms with van der Waals surface area (Å²) in [5, 5.41) is 3.42. The van der Waals surface area contributed by atoms with Crippen molar-refractivity contribution in [1.82, 2.24) is 24.0 Å². The van der Waals surface area contributed by atoms with Crippen LogP contribution >= 0.6 is 0 Å². The van der Waals surface area contributed by atoms with Crippen molar-refractivity contribution in [2.75, 3.05) is 24.5 Å². The van der Waals surface area contributed by atoms with Crippen LogP contribution in [0.25, 0.3) is 11.2 Å². The van der Waals surface area contributed by atoms with E-state index in [1.165, 1.54) is 11.6 Å². The zero-order chi connectivity index (χ0) is 15.6. The van der Waals surface area contributed by atoms with Crippen molar-refractivity contribution in [2.24, 2.45) is 27.1 Å². The van der Waals surface area contributed by atoms with Crippen molar-refractivity contribution < 1.29 is 0 Å². The molecular formula is C14H20N6O2. The summed E-state index contributed by atoms with van der Waals surface area (Å²) in [6.45, 7) is 2.94. The summed E-state index contributed by atoms with van der Waals surface area (Å²) in [7, 11) is 5.01. The quantitative estimate of drug-likeness (QED) is 0.714. The standard InChI is InChI=1S/C14H20N6O2/c1-17-10-11(18(2)14(22)19(3)12(10)21)16-13(17)20-5-4-8-6-15-7-9(8)20/h8-9,15H,4-7H2,1-3H3. The summed E-state index contributed by atoms with van der Waals surface area (Å²) < 4.78 is 4.41. The molecule has 4 rings (SSSR count). The Morgan fingerprint density at radius 2 is 1.86 bits per heavy atom. The normalized spacial score (nSPS) is 24.4. The van der Waals surface area contributed by atoms with Gasteiger partial charge in [-0.15, -0.1) is 0 Å². The molecule has 0 saturated carbocycles. The molecule has 2 aromatic rings. The smallest absolute Gasteiger partial charge is 0.332 e. The van der Waals surface area contributed by atoms with Crippen molar-refractivity contribution in [3.8, 4) is 0 Å². The van der Waals surface area contributed by atoms with Crippen molar-refractivity contribution in [1.29, 1.82) is 0 Å². The number of fused-ring (bicyclic) bond motifs is 2. The van der Waals surface area contributed by atoms with E-state index in [0.717, 1.165) is 36.6 Å². The van der Waals surface area contributed by atoms with Crippen LogP contribution in [0.4, 0.5) is 5.95 Å². The zero-order valence-corrected chi connectivity index (χ0v) is 13.0. The lowest BCUT2D eigenvalue weighted by atomic mass is 10.1.